The van der Waals surface area contributed by atoms with Crippen molar-refractivity contribution >= 4 is 5.91 Å². The summed E-state index contributed by atoms with van der Waals surface area (Å²) in [5, 5.41) is 12.9. The minimum Gasteiger partial charge on any atom is -0.391 e. The molecule has 0 aromatic heterocycles. The van der Waals surface area contributed by atoms with E-state index in [-0.39, 0.29) is 17.7 Å². The highest BCUT2D eigenvalue weighted by Crippen LogP contribution is 2.42. The van der Waals surface area contributed by atoms with E-state index in [0.717, 1.165) is 24.8 Å². The molecule has 0 bridgehead atoms. The molecular weight excluding hydrogens is 250 g/mol. The Morgan fingerprint density at radius 1 is 1.35 bits per heavy atom. The first-order chi connectivity index (χ1) is 9.63. The molecule has 1 aromatic rings. The molecule has 0 heterocycles. The molecule has 1 aliphatic carbocycles. The summed E-state index contributed by atoms with van der Waals surface area (Å²) in [5.74, 6) is 0.686. The van der Waals surface area contributed by atoms with Crippen molar-refractivity contribution in [3.05, 3.63) is 35.9 Å². The van der Waals surface area contributed by atoms with E-state index < -0.39 is 6.10 Å². The molecule has 1 aromatic carbocycles. The zero-order chi connectivity index (χ0) is 14.5. The lowest BCUT2D eigenvalue weighted by Crippen LogP contribution is -2.38. The maximum atomic E-state index is 12.4. The summed E-state index contributed by atoms with van der Waals surface area (Å²) in [6.07, 6.45) is 2.71. The van der Waals surface area contributed by atoms with Gasteiger partial charge in [0.1, 0.15) is 0 Å². The molecule has 0 spiro atoms. The number of rotatable bonds is 7. The average Bonchev–Trinajstić information content (AvgIpc) is 3.30. The highest BCUT2D eigenvalue weighted by atomic mass is 16.3. The number of nitrogens with one attached hydrogen (secondary N) is 1. The maximum absolute atomic E-state index is 12.4. The van der Waals surface area contributed by atoms with E-state index >= 15 is 0 Å². The number of amides is 1. The van der Waals surface area contributed by atoms with E-state index in [0.29, 0.717) is 12.5 Å². The fraction of sp³-hybridized carbons (Fsp3) is 0.588. The Kier molecular flexibility index (Phi) is 5.18. The smallest absolute Gasteiger partial charge is 0.227 e. The van der Waals surface area contributed by atoms with Crippen LogP contribution in [0.1, 0.15) is 44.6 Å². The van der Waals surface area contributed by atoms with Gasteiger partial charge in [-0.15, -0.1) is 0 Å². The van der Waals surface area contributed by atoms with Gasteiger partial charge in [-0.3, -0.25) is 4.79 Å². The summed E-state index contributed by atoms with van der Waals surface area (Å²) < 4.78 is 0. The van der Waals surface area contributed by atoms with Gasteiger partial charge in [0.25, 0.3) is 0 Å². The third-order valence-electron chi connectivity index (χ3n) is 4.32. The average molecular weight is 275 g/mol. The molecule has 3 unspecified atom stereocenters. The van der Waals surface area contributed by atoms with Crippen molar-refractivity contribution in [2.75, 3.05) is 6.54 Å². The summed E-state index contributed by atoms with van der Waals surface area (Å²) in [7, 11) is 0. The third-order valence-corrected chi connectivity index (χ3v) is 4.32. The standard InChI is InChI=1S/C17H25NO2/c1-3-12(2)15(19)11-18-17(20)16(14-9-10-14)13-7-5-4-6-8-13/h4-8,12,14-16,19H,3,9-11H2,1-2H3,(H,18,20). The normalized spacial score (nSPS) is 19.1. The molecule has 3 heteroatoms. The Balaban J connectivity index is 1.95. The molecule has 0 aliphatic heterocycles. The van der Waals surface area contributed by atoms with Gasteiger partial charge in [-0.1, -0.05) is 50.6 Å². The summed E-state index contributed by atoms with van der Waals surface area (Å²) in [5.41, 5.74) is 1.09. The van der Waals surface area contributed by atoms with Crippen molar-refractivity contribution in [1.29, 1.82) is 0 Å². The Bertz CT molecular complexity index is 428. The Morgan fingerprint density at radius 3 is 2.55 bits per heavy atom. The third kappa shape index (κ3) is 3.83. The first kappa shape index (κ1) is 15.0. The lowest BCUT2D eigenvalue weighted by molar-refractivity contribution is -0.123. The minimum absolute atomic E-state index is 0.0552. The van der Waals surface area contributed by atoms with E-state index in [9.17, 15) is 9.90 Å². The predicted molar refractivity (Wildman–Crippen MR) is 80.4 cm³/mol. The Morgan fingerprint density at radius 2 is 2.00 bits per heavy atom. The molecule has 2 N–H and O–H groups in total. The zero-order valence-electron chi connectivity index (χ0n) is 12.4. The molecular formula is C17H25NO2. The van der Waals surface area contributed by atoms with Gasteiger partial charge in [0.2, 0.25) is 5.91 Å². The van der Waals surface area contributed by atoms with Gasteiger partial charge in [0, 0.05) is 6.54 Å². The van der Waals surface area contributed by atoms with Crippen LogP contribution >= 0.6 is 0 Å². The van der Waals surface area contributed by atoms with Crippen LogP contribution < -0.4 is 5.32 Å². The van der Waals surface area contributed by atoms with Gasteiger partial charge in [-0.05, 0) is 30.2 Å². The first-order valence-electron chi connectivity index (χ1n) is 7.64. The van der Waals surface area contributed by atoms with E-state index in [4.69, 9.17) is 0 Å². The Labute approximate surface area is 121 Å². The van der Waals surface area contributed by atoms with E-state index in [1.54, 1.807) is 0 Å². The van der Waals surface area contributed by atoms with E-state index in [1.807, 2.05) is 44.2 Å². The summed E-state index contributed by atoms with van der Waals surface area (Å²) in [6, 6.07) is 9.97. The fourth-order valence-corrected chi connectivity index (χ4v) is 2.52. The largest absolute Gasteiger partial charge is 0.391 e. The molecule has 0 saturated heterocycles. The Hall–Kier alpha value is -1.35. The number of aliphatic hydroxyl groups is 1. The van der Waals surface area contributed by atoms with Gasteiger partial charge in [-0.25, -0.2) is 0 Å². The number of aliphatic hydroxyl groups excluding tert-OH is 1. The quantitative estimate of drug-likeness (QED) is 0.804. The first-order valence-corrected chi connectivity index (χ1v) is 7.64. The van der Waals surface area contributed by atoms with Gasteiger partial charge < -0.3 is 10.4 Å². The molecule has 1 fully saturated rings. The topological polar surface area (TPSA) is 49.3 Å². The molecule has 1 saturated carbocycles. The highest BCUT2D eigenvalue weighted by Gasteiger charge is 2.37. The summed E-state index contributed by atoms with van der Waals surface area (Å²) in [4.78, 5) is 12.4. The maximum Gasteiger partial charge on any atom is 0.227 e. The van der Waals surface area contributed by atoms with Crippen molar-refractivity contribution < 1.29 is 9.90 Å². The zero-order valence-corrected chi connectivity index (χ0v) is 12.4. The van der Waals surface area contributed by atoms with Crippen molar-refractivity contribution in [3.63, 3.8) is 0 Å². The van der Waals surface area contributed by atoms with Gasteiger partial charge in [-0.2, -0.15) is 0 Å². The van der Waals surface area contributed by atoms with Crippen molar-refractivity contribution in [2.45, 2.75) is 45.1 Å². The van der Waals surface area contributed by atoms with Crippen LogP contribution in [0.2, 0.25) is 0 Å². The van der Waals surface area contributed by atoms with E-state index in [2.05, 4.69) is 5.32 Å². The molecule has 0 radical (unpaired) electrons. The van der Waals surface area contributed by atoms with Crippen molar-refractivity contribution in [3.8, 4) is 0 Å². The minimum atomic E-state index is -0.459. The lowest BCUT2D eigenvalue weighted by Gasteiger charge is -2.21. The summed E-state index contributed by atoms with van der Waals surface area (Å²) >= 11 is 0. The predicted octanol–water partition coefficient (Wildman–Crippen LogP) is 2.70. The van der Waals surface area contributed by atoms with Crippen LogP contribution in [0.25, 0.3) is 0 Å². The van der Waals surface area contributed by atoms with Crippen LogP contribution in [0.3, 0.4) is 0 Å². The number of carbonyl (C=O) groups excluding carboxylic acids is 1. The van der Waals surface area contributed by atoms with Gasteiger partial charge >= 0.3 is 0 Å². The monoisotopic (exact) mass is 275 g/mol. The van der Waals surface area contributed by atoms with Crippen LogP contribution in [0, 0.1) is 11.8 Å². The van der Waals surface area contributed by atoms with Gasteiger partial charge in [0.15, 0.2) is 0 Å². The molecule has 2 rings (SSSR count). The lowest BCUT2D eigenvalue weighted by atomic mass is 9.93. The molecule has 3 nitrogen and oxygen atoms in total. The highest BCUT2D eigenvalue weighted by molar-refractivity contribution is 5.84. The molecule has 1 aliphatic rings. The second kappa shape index (κ2) is 6.89. The number of hydrogen-bond donors (Lipinski definition) is 2. The van der Waals surface area contributed by atoms with Crippen LogP contribution in [0.4, 0.5) is 0 Å². The second-order valence-corrected chi connectivity index (χ2v) is 5.92. The van der Waals surface area contributed by atoms with Crippen molar-refractivity contribution in [1.82, 2.24) is 5.32 Å². The number of hydrogen-bond acceptors (Lipinski definition) is 2. The van der Waals surface area contributed by atoms with Crippen molar-refractivity contribution in [2.24, 2.45) is 11.8 Å². The van der Waals surface area contributed by atoms with Crippen LogP contribution in [0.15, 0.2) is 30.3 Å². The summed E-state index contributed by atoms with van der Waals surface area (Å²) in [6.45, 7) is 4.41. The number of benzene rings is 1. The fourth-order valence-electron chi connectivity index (χ4n) is 2.52. The second-order valence-electron chi connectivity index (χ2n) is 5.92. The molecule has 1 amide bonds. The molecule has 20 heavy (non-hydrogen) atoms. The van der Waals surface area contributed by atoms with Crippen LogP contribution in [-0.2, 0) is 4.79 Å². The SMILES string of the molecule is CCC(C)C(O)CNC(=O)C(c1ccccc1)C1CC1. The van der Waals surface area contributed by atoms with Gasteiger partial charge in [0.05, 0.1) is 12.0 Å². The van der Waals surface area contributed by atoms with E-state index in [1.165, 1.54) is 0 Å². The number of carbonyl (C=O) groups is 1. The van der Waals surface area contributed by atoms with Crippen LogP contribution in [-0.4, -0.2) is 23.7 Å². The molecule has 3 atom stereocenters. The molecule has 110 valence electrons. The van der Waals surface area contributed by atoms with Crippen LogP contribution in [0.5, 0.6) is 0 Å².